The molecule has 0 saturated carbocycles. The number of hydrogen-bond donors (Lipinski definition) is 1. The molecular formula is C26H32N4O2. The highest BCUT2D eigenvalue weighted by molar-refractivity contribution is 6.11. The van der Waals surface area contributed by atoms with Crippen LogP contribution >= 0.6 is 0 Å². The second kappa shape index (κ2) is 9.65. The summed E-state index contributed by atoms with van der Waals surface area (Å²) >= 11 is 0. The monoisotopic (exact) mass is 432 g/mol. The van der Waals surface area contributed by atoms with Gasteiger partial charge in [0.25, 0.3) is 11.5 Å². The number of fused-ring (bicyclic) bond motifs is 1. The van der Waals surface area contributed by atoms with E-state index in [-0.39, 0.29) is 23.1 Å². The first-order chi connectivity index (χ1) is 15.4. The molecule has 6 heteroatoms. The van der Waals surface area contributed by atoms with Gasteiger partial charge >= 0.3 is 0 Å². The lowest BCUT2D eigenvalue weighted by molar-refractivity contribution is 0.102. The zero-order valence-electron chi connectivity index (χ0n) is 19.2. The van der Waals surface area contributed by atoms with Crippen LogP contribution in [-0.2, 0) is 13.1 Å². The molecule has 1 aromatic heterocycles. The Morgan fingerprint density at radius 2 is 1.72 bits per heavy atom. The number of likely N-dealkylation sites (tertiary alicyclic amines) is 1. The highest BCUT2D eigenvalue weighted by Crippen LogP contribution is 2.20. The molecule has 1 saturated heterocycles. The van der Waals surface area contributed by atoms with Crippen LogP contribution in [0.5, 0.6) is 0 Å². The van der Waals surface area contributed by atoms with Gasteiger partial charge in [-0.05, 0) is 61.5 Å². The molecule has 0 atom stereocenters. The highest BCUT2D eigenvalue weighted by Gasteiger charge is 2.18. The number of piperidine rings is 1. The predicted octanol–water partition coefficient (Wildman–Crippen LogP) is 4.54. The summed E-state index contributed by atoms with van der Waals surface area (Å²) in [5, 5.41) is 8.47. The maximum Gasteiger partial charge on any atom is 0.276 e. The number of carbonyl (C=O) groups is 1. The van der Waals surface area contributed by atoms with E-state index in [2.05, 4.69) is 34.4 Å². The summed E-state index contributed by atoms with van der Waals surface area (Å²) < 4.78 is 1.41. The van der Waals surface area contributed by atoms with Crippen LogP contribution in [-0.4, -0.2) is 33.7 Å². The van der Waals surface area contributed by atoms with Gasteiger partial charge in [-0.15, -0.1) is 0 Å². The number of rotatable bonds is 6. The van der Waals surface area contributed by atoms with Crippen molar-refractivity contribution >= 4 is 22.4 Å². The third-order valence-corrected chi connectivity index (χ3v) is 6.12. The first-order valence-electron chi connectivity index (χ1n) is 11.5. The van der Waals surface area contributed by atoms with Crippen molar-refractivity contribution in [1.82, 2.24) is 14.7 Å². The summed E-state index contributed by atoms with van der Waals surface area (Å²) in [5.41, 5.74) is 2.07. The lowest BCUT2D eigenvalue weighted by Gasteiger charge is -2.30. The van der Waals surface area contributed by atoms with E-state index >= 15 is 0 Å². The maximum absolute atomic E-state index is 13.1. The van der Waals surface area contributed by atoms with Crippen molar-refractivity contribution in [3.8, 4) is 0 Å². The predicted molar refractivity (Wildman–Crippen MR) is 129 cm³/mol. The number of amides is 1. The van der Waals surface area contributed by atoms with Gasteiger partial charge in [0.15, 0.2) is 5.69 Å². The SMILES string of the molecule is CC(C)Cn1nc(C(=O)Nc2ccc(CN3CCC(C)CC3)cc2)c2ccccc2c1=O. The minimum Gasteiger partial charge on any atom is -0.321 e. The smallest absolute Gasteiger partial charge is 0.276 e. The number of anilines is 1. The molecule has 168 valence electrons. The first-order valence-corrected chi connectivity index (χ1v) is 11.5. The normalized spacial score (nSPS) is 15.4. The van der Waals surface area contributed by atoms with Gasteiger partial charge in [-0.1, -0.05) is 51.1 Å². The maximum atomic E-state index is 13.1. The van der Waals surface area contributed by atoms with Crippen LogP contribution in [0.2, 0.25) is 0 Å². The van der Waals surface area contributed by atoms with Crippen molar-refractivity contribution in [2.75, 3.05) is 18.4 Å². The van der Waals surface area contributed by atoms with Crippen LogP contribution in [0.3, 0.4) is 0 Å². The molecule has 2 heterocycles. The quantitative estimate of drug-likeness (QED) is 0.621. The topological polar surface area (TPSA) is 67.2 Å². The van der Waals surface area contributed by atoms with E-state index in [4.69, 9.17) is 0 Å². The van der Waals surface area contributed by atoms with Gasteiger partial charge in [-0.2, -0.15) is 5.10 Å². The van der Waals surface area contributed by atoms with Crippen LogP contribution in [0, 0.1) is 11.8 Å². The Hall–Kier alpha value is -2.99. The minimum atomic E-state index is -0.309. The van der Waals surface area contributed by atoms with Crippen molar-refractivity contribution in [3.05, 3.63) is 70.1 Å². The Bertz CT molecular complexity index is 1140. The molecule has 1 fully saturated rings. The van der Waals surface area contributed by atoms with E-state index in [1.165, 1.54) is 23.1 Å². The molecule has 4 rings (SSSR count). The van der Waals surface area contributed by atoms with E-state index in [9.17, 15) is 9.59 Å². The van der Waals surface area contributed by atoms with Crippen LogP contribution < -0.4 is 10.9 Å². The number of nitrogens with one attached hydrogen (secondary N) is 1. The Kier molecular flexibility index (Phi) is 6.70. The van der Waals surface area contributed by atoms with E-state index in [1.54, 1.807) is 12.1 Å². The molecule has 2 aromatic carbocycles. The van der Waals surface area contributed by atoms with Crippen molar-refractivity contribution < 1.29 is 4.79 Å². The molecular weight excluding hydrogens is 400 g/mol. The van der Waals surface area contributed by atoms with Gasteiger partial charge in [0.2, 0.25) is 0 Å². The van der Waals surface area contributed by atoms with Gasteiger partial charge in [-0.25, -0.2) is 4.68 Å². The Balaban J connectivity index is 1.52. The molecule has 0 spiro atoms. The summed E-state index contributed by atoms with van der Waals surface area (Å²) in [5.74, 6) is 0.757. The van der Waals surface area contributed by atoms with Crippen molar-refractivity contribution in [1.29, 1.82) is 0 Å². The average molecular weight is 433 g/mol. The van der Waals surface area contributed by atoms with Gasteiger partial charge in [0.05, 0.1) is 5.39 Å². The van der Waals surface area contributed by atoms with Crippen molar-refractivity contribution in [3.63, 3.8) is 0 Å². The Morgan fingerprint density at radius 1 is 1.06 bits per heavy atom. The average Bonchev–Trinajstić information content (AvgIpc) is 2.78. The number of carbonyl (C=O) groups excluding carboxylic acids is 1. The summed E-state index contributed by atoms with van der Waals surface area (Å²) in [4.78, 5) is 28.4. The molecule has 3 aromatic rings. The zero-order valence-corrected chi connectivity index (χ0v) is 19.2. The molecule has 6 nitrogen and oxygen atoms in total. The van der Waals surface area contributed by atoms with Crippen LogP contribution in [0.15, 0.2) is 53.3 Å². The lowest BCUT2D eigenvalue weighted by atomic mass is 9.99. The van der Waals surface area contributed by atoms with Gasteiger partial charge in [-0.3, -0.25) is 14.5 Å². The van der Waals surface area contributed by atoms with E-state index in [1.807, 2.05) is 38.1 Å². The third kappa shape index (κ3) is 5.07. The van der Waals surface area contributed by atoms with Gasteiger partial charge < -0.3 is 5.32 Å². The first kappa shape index (κ1) is 22.2. The lowest BCUT2D eigenvalue weighted by Crippen LogP contribution is -2.32. The Morgan fingerprint density at radius 3 is 2.38 bits per heavy atom. The van der Waals surface area contributed by atoms with E-state index in [0.29, 0.717) is 17.3 Å². The molecule has 1 aliphatic rings. The minimum absolute atomic E-state index is 0.165. The van der Waals surface area contributed by atoms with E-state index in [0.717, 1.165) is 31.2 Å². The molecule has 1 amide bonds. The van der Waals surface area contributed by atoms with Crippen LogP contribution in [0.1, 0.15) is 49.7 Å². The number of nitrogens with zero attached hydrogens (tertiary/aromatic N) is 3. The molecule has 0 aliphatic carbocycles. The molecule has 32 heavy (non-hydrogen) atoms. The molecule has 1 N–H and O–H groups in total. The number of benzene rings is 2. The summed E-state index contributed by atoms with van der Waals surface area (Å²) in [6.07, 6.45) is 2.52. The van der Waals surface area contributed by atoms with Gasteiger partial charge in [0, 0.05) is 24.2 Å². The number of aromatic nitrogens is 2. The molecule has 1 aliphatic heterocycles. The van der Waals surface area contributed by atoms with E-state index < -0.39 is 0 Å². The van der Waals surface area contributed by atoms with Crippen LogP contribution in [0.25, 0.3) is 10.8 Å². The third-order valence-electron chi connectivity index (χ3n) is 6.12. The highest BCUT2D eigenvalue weighted by atomic mass is 16.2. The van der Waals surface area contributed by atoms with Crippen LogP contribution in [0.4, 0.5) is 5.69 Å². The second-order valence-electron chi connectivity index (χ2n) is 9.39. The van der Waals surface area contributed by atoms with Gasteiger partial charge in [0.1, 0.15) is 0 Å². The fraction of sp³-hybridized carbons (Fsp3) is 0.423. The molecule has 0 unspecified atom stereocenters. The number of hydrogen-bond acceptors (Lipinski definition) is 4. The van der Waals surface area contributed by atoms with Crippen molar-refractivity contribution in [2.45, 2.75) is 46.7 Å². The fourth-order valence-corrected chi connectivity index (χ4v) is 4.23. The largest absolute Gasteiger partial charge is 0.321 e. The zero-order chi connectivity index (χ0) is 22.7. The molecule has 0 radical (unpaired) electrons. The summed E-state index contributed by atoms with van der Waals surface area (Å²) in [7, 11) is 0. The molecule has 0 bridgehead atoms. The summed E-state index contributed by atoms with van der Waals surface area (Å²) in [6.45, 7) is 10.1. The second-order valence-corrected chi connectivity index (χ2v) is 9.39. The van der Waals surface area contributed by atoms with Crippen molar-refractivity contribution in [2.24, 2.45) is 11.8 Å². The summed E-state index contributed by atoms with van der Waals surface area (Å²) in [6, 6.07) is 15.2. The fourth-order valence-electron chi connectivity index (χ4n) is 4.23. The standard InChI is InChI=1S/C26H32N4O2/c1-18(2)16-30-26(32)23-7-5-4-6-22(23)24(28-30)25(31)27-21-10-8-20(9-11-21)17-29-14-12-19(3)13-15-29/h4-11,18-19H,12-17H2,1-3H3,(H,27,31). The Labute approximate surface area is 189 Å².